The highest BCUT2D eigenvalue weighted by atomic mass is 16.7. The smallest absolute Gasteiger partial charge is 0.469 e. The zero-order chi connectivity index (χ0) is 14.3. The minimum atomic E-state index is -1.11. The highest BCUT2D eigenvalue weighted by molar-refractivity contribution is 5.85. The predicted octanol–water partition coefficient (Wildman–Crippen LogP) is 0.745. The van der Waals surface area contributed by atoms with Crippen LogP contribution in [0.15, 0.2) is 0 Å². The van der Waals surface area contributed by atoms with Gasteiger partial charge in [-0.1, -0.05) is 0 Å². The van der Waals surface area contributed by atoms with Crippen LogP contribution in [0.2, 0.25) is 0 Å². The normalized spacial score (nSPS) is 12.5. The van der Waals surface area contributed by atoms with Gasteiger partial charge < -0.3 is 19.9 Å². The highest BCUT2D eigenvalue weighted by Crippen LogP contribution is 2.09. The van der Waals surface area contributed by atoms with Gasteiger partial charge in [-0.05, 0) is 27.2 Å². The molecule has 0 saturated heterocycles. The summed E-state index contributed by atoms with van der Waals surface area (Å²) in [5, 5.41) is 0. The van der Waals surface area contributed by atoms with Crippen LogP contribution in [0.3, 0.4) is 0 Å². The van der Waals surface area contributed by atoms with Crippen molar-refractivity contribution < 1.29 is 28.6 Å². The topological polar surface area (TPSA) is 105 Å². The van der Waals surface area contributed by atoms with E-state index in [2.05, 4.69) is 9.47 Å². The summed E-state index contributed by atoms with van der Waals surface area (Å²) >= 11 is 0. The van der Waals surface area contributed by atoms with Crippen LogP contribution < -0.4 is 5.73 Å². The molecule has 0 aromatic rings. The van der Waals surface area contributed by atoms with Crippen LogP contribution in [0.25, 0.3) is 0 Å². The van der Waals surface area contributed by atoms with Crippen molar-refractivity contribution in [2.45, 2.75) is 45.3 Å². The zero-order valence-corrected chi connectivity index (χ0v) is 11.0. The number of nitrogens with two attached hydrogens (primary N) is 1. The summed E-state index contributed by atoms with van der Waals surface area (Å²) in [7, 11) is 1.23. The minimum absolute atomic E-state index is 0.0267. The van der Waals surface area contributed by atoms with Crippen molar-refractivity contribution in [1.29, 1.82) is 0 Å². The maximum atomic E-state index is 11.3. The first-order valence-electron chi connectivity index (χ1n) is 5.43. The van der Waals surface area contributed by atoms with Gasteiger partial charge in [0.1, 0.15) is 11.6 Å². The molecule has 0 amide bonds. The molecule has 0 fully saturated rings. The number of ether oxygens (including phenoxy) is 3. The summed E-state index contributed by atoms with van der Waals surface area (Å²) in [6.07, 6.45) is -1.10. The molecule has 0 aromatic carbocycles. The lowest BCUT2D eigenvalue weighted by atomic mass is 10.2. The fraction of sp³-hybridized carbons (Fsp3) is 0.727. The summed E-state index contributed by atoms with van der Waals surface area (Å²) < 4.78 is 13.5. The van der Waals surface area contributed by atoms with E-state index < -0.39 is 29.7 Å². The van der Waals surface area contributed by atoms with E-state index in [1.165, 1.54) is 7.11 Å². The zero-order valence-electron chi connectivity index (χ0n) is 11.0. The Balaban J connectivity index is 4.08. The number of carbonyl (C=O) groups is 3. The number of hydrogen-bond donors (Lipinski definition) is 1. The summed E-state index contributed by atoms with van der Waals surface area (Å²) in [5.41, 5.74) is 4.69. The van der Waals surface area contributed by atoms with Gasteiger partial charge in [0.2, 0.25) is 0 Å². The second-order valence-corrected chi connectivity index (χ2v) is 4.61. The Bertz CT molecular complexity index is 320. The monoisotopic (exact) mass is 261 g/mol. The van der Waals surface area contributed by atoms with Gasteiger partial charge >= 0.3 is 18.1 Å². The molecule has 0 bridgehead atoms. The molecular formula is C11H19NO6. The Hall–Kier alpha value is -1.63. The van der Waals surface area contributed by atoms with Crippen LogP contribution >= 0.6 is 0 Å². The van der Waals surface area contributed by atoms with E-state index in [0.717, 1.165) is 0 Å². The molecule has 0 aromatic heterocycles. The van der Waals surface area contributed by atoms with E-state index in [0.29, 0.717) is 0 Å². The molecule has 0 rings (SSSR count). The summed E-state index contributed by atoms with van der Waals surface area (Å²) in [6, 6.07) is -1.07. The Morgan fingerprint density at radius 2 is 1.78 bits per heavy atom. The number of esters is 2. The lowest BCUT2D eigenvalue weighted by molar-refractivity contribution is -0.144. The Kier molecular flexibility index (Phi) is 6.32. The van der Waals surface area contributed by atoms with Crippen molar-refractivity contribution >= 4 is 18.1 Å². The summed E-state index contributed by atoms with van der Waals surface area (Å²) in [4.78, 5) is 33.3. The molecule has 7 heteroatoms. The number of hydrogen-bond acceptors (Lipinski definition) is 7. The second kappa shape index (κ2) is 6.95. The lowest BCUT2D eigenvalue weighted by Crippen LogP contribution is -2.36. The van der Waals surface area contributed by atoms with E-state index in [1.54, 1.807) is 20.8 Å². The molecule has 0 saturated carbocycles. The van der Waals surface area contributed by atoms with E-state index in [1.807, 2.05) is 0 Å². The fourth-order valence-electron chi connectivity index (χ4n) is 0.922. The van der Waals surface area contributed by atoms with Crippen LogP contribution in [-0.2, 0) is 23.8 Å². The molecule has 0 aliphatic heterocycles. The summed E-state index contributed by atoms with van der Waals surface area (Å²) in [6.45, 7) is 4.90. The fourth-order valence-corrected chi connectivity index (χ4v) is 0.922. The molecule has 0 radical (unpaired) electrons. The third-order valence-corrected chi connectivity index (χ3v) is 1.76. The van der Waals surface area contributed by atoms with Gasteiger partial charge in [0.15, 0.2) is 0 Å². The van der Waals surface area contributed by atoms with Crippen LogP contribution in [0, 0.1) is 0 Å². The third kappa shape index (κ3) is 7.61. The third-order valence-electron chi connectivity index (χ3n) is 1.76. The van der Waals surface area contributed by atoms with Gasteiger partial charge in [-0.3, -0.25) is 4.79 Å². The van der Waals surface area contributed by atoms with Crippen LogP contribution in [0.4, 0.5) is 4.79 Å². The first-order valence-corrected chi connectivity index (χ1v) is 5.43. The largest absolute Gasteiger partial charge is 0.516 e. The standard InChI is InChI=1S/C11H19NO6/c1-11(2,3)18-10(15)17-9(14)7(12)5-6-8(13)16-4/h7H,5-6,12H2,1-4H3. The average molecular weight is 261 g/mol. The van der Waals surface area contributed by atoms with E-state index in [4.69, 9.17) is 10.5 Å². The van der Waals surface area contributed by atoms with E-state index in [9.17, 15) is 14.4 Å². The van der Waals surface area contributed by atoms with Crippen LogP contribution in [-0.4, -0.2) is 36.8 Å². The highest BCUT2D eigenvalue weighted by Gasteiger charge is 2.24. The first-order chi connectivity index (χ1) is 8.15. The van der Waals surface area contributed by atoms with Gasteiger partial charge in [0.25, 0.3) is 0 Å². The van der Waals surface area contributed by atoms with Gasteiger partial charge in [0.05, 0.1) is 7.11 Å². The Morgan fingerprint density at radius 3 is 2.22 bits per heavy atom. The van der Waals surface area contributed by atoms with Gasteiger partial charge in [-0.2, -0.15) is 0 Å². The molecule has 7 nitrogen and oxygen atoms in total. The molecule has 1 unspecified atom stereocenters. The molecule has 0 spiro atoms. The van der Waals surface area contributed by atoms with Crippen molar-refractivity contribution in [3.63, 3.8) is 0 Å². The molecular weight excluding hydrogens is 242 g/mol. The Labute approximate surface area is 106 Å². The van der Waals surface area contributed by atoms with Crippen molar-refractivity contribution in [2.24, 2.45) is 5.73 Å². The summed E-state index contributed by atoms with van der Waals surface area (Å²) in [5.74, 6) is -1.43. The van der Waals surface area contributed by atoms with Gasteiger partial charge in [-0.25, -0.2) is 9.59 Å². The predicted molar refractivity (Wildman–Crippen MR) is 61.6 cm³/mol. The van der Waals surface area contributed by atoms with Crippen LogP contribution in [0.1, 0.15) is 33.6 Å². The van der Waals surface area contributed by atoms with Crippen molar-refractivity contribution in [1.82, 2.24) is 0 Å². The number of carbonyl (C=O) groups excluding carboxylic acids is 3. The molecule has 1 atom stereocenters. The van der Waals surface area contributed by atoms with E-state index in [-0.39, 0.29) is 12.8 Å². The maximum absolute atomic E-state index is 11.3. The molecule has 104 valence electrons. The molecule has 2 N–H and O–H groups in total. The first kappa shape index (κ1) is 16.4. The SMILES string of the molecule is COC(=O)CCC(N)C(=O)OC(=O)OC(C)(C)C. The maximum Gasteiger partial charge on any atom is 0.516 e. The van der Waals surface area contributed by atoms with Gasteiger partial charge in [-0.15, -0.1) is 0 Å². The lowest BCUT2D eigenvalue weighted by Gasteiger charge is -2.18. The molecule has 0 heterocycles. The minimum Gasteiger partial charge on any atom is -0.469 e. The van der Waals surface area contributed by atoms with Crippen molar-refractivity contribution in [2.75, 3.05) is 7.11 Å². The Morgan fingerprint density at radius 1 is 1.22 bits per heavy atom. The molecule has 0 aliphatic rings. The second-order valence-electron chi connectivity index (χ2n) is 4.61. The quantitative estimate of drug-likeness (QED) is 0.587. The van der Waals surface area contributed by atoms with Crippen LogP contribution in [0.5, 0.6) is 0 Å². The van der Waals surface area contributed by atoms with Crippen molar-refractivity contribution in [3.05, 3.63) is 0 Å². The van der Waals surface area contributed by atoms with E-state index >= 15 is 0 Å². The molecule has 0 aliphatic carbocycles. The van der Waals surface area contributed by atoms with Gasteiger partial charge in [0, 0.05) is 6.42 Å². The number of rotatable bonds is 4. The number of methoxy groups -OCH3 is 1. The molecule has 18 heavy (non-hydrogen) atoms. The van der Waals surface area contributed by atoms with Crippen molar-refractivity contribution in [3.8, 4) is 0 Å². The average Bonchev–Trinajstić information content (AvgIpc) is 2.22.